The number of fused-ring (bicyclic) bond motifs is 1. The highest BCUT2D eigenvalue weighted by molar-refractivity contribution is 7.16. The smallest absolute Gasteiger partial charge is 0.259 e. The molecule has 5 rings (SSSR count). The molecule has 0 radical (unpaired) electrons. The Kier molecular flexibility index (Phi) is 7.47. The predicted octanol–water partition coefficient (Wildman–Crippen LogP) is 6.46. The van der Waals surface area contributed by atoms with Gasteiger partial charge in [-0.25, -0.2) is 4.98 Å². The van der Waals surface area contributed by atoms with E-state index in [9.17, 15) is 4.79 Å². The quantitative estimate of drug-likeness (QED) is 0.290. The Morgan fingerprint density at radius 1 is 1.25 bits per heavy atom. The number of hydrogen-bond acceptors (Lipinski definition) is 4. The maximum absolute atomic E-state index is 12.3. The highest BCUT2D eigenvalue weighted by Crippen LogP contribution is 2.33. The number of benzene rings is 2. The Balaban J connectivity index is 1.39. The molecule has 0 unspecified atom stereocenters. The molecule has 1 fully saturated rings. The minimum atomic E-state index is -0.377. The van der Waals surface area contributed by atoms with E-state index in [2.05, 4.69) is 58.8 Å². The molecule has 2 atom stereocenters. The fourth-order valence-electron chi connectivity index (χ4n) is 5.46. The average Bonchev–Trinajstić information content (AvgIpc) is 3.47. The van der Waals surface area contributed by atoms with E-state index < -0.39 is 0 Å². The van der Waals surface area contributed by atoms with Gasteiger partial charge in [-0.2, -0.15) is 0 Å². The highest BCUT2D eigenvalue weighted by atomic mass is 35.5. The van der Waals surface area contributed by atoms with Gasteiger partial charge < -0.3 is 10.6 Å². The second kappa shape index (κ2) is 10.8. The molecule has 1 amide bonds. The molecular weight excluding hydrogens is 488 g/mol. The number of likely N-dealkylation sites (tertiary alicyclic amines) is 1. The topological polar surface area (TPSA) is 64.2 Å². The van der Waals surface area contributed by atoms with Crippen LogP contribution < -0.4 is 5.73 Å². The number of aromatic nitrogens is 2. The molecule has 2 N–H and O–H groups in total. The molecule has 7 heteroatoms. The molecule has 36 heavy (non-hydrogen) atoms. The van der Waals surface area contributed by atoms with E-state index in [-0.39, 0.29) is 11.8 Å². The van der Waals surface area contributed by atoms with Crippen molar-refractivity contribution in [3.8, 4) is 5.00 Å². The van der Waals surface area contributed by atoms with E-state index in [4.69, 9.17) is 17.3 Å². The van der Waals surface area contributed by atoms with Gasteiger partial charge in [0.05, 0.1) is 15.9 Å². The van der Waals surface area contributed by atoms with Gasteiger partial charge >= 0.3 is 0 Å². The third kappa shape index (κ3) is 5.36. The normalized spacial score (nSPS) is 17.5. The van der Waals surface area contributed by atoms with Gasteiger partial charge in [0.15, 0.2) is 0 Å². The first-order valence-electron chi connectivity index (χ1n) is 12.7. The third-order valence-corrected chi connectivity index (χ3v) is 8.93. The first-order chi connectivity index (χ1) is 17.4. The Morgan fingerprint density at radius 3 is 2.86 bits per heavy atom. The molecular formula is C29H33ClN4OS. The Labute approximate surface area is 221 Å². The lowest BCUT2D eigenvalue weighted by Gasteiger charge is -2.29. The number of carbonyl (C=O) groups excluding carboxylic acids is 1. The largest absolute Gasteiger partial charge is 0.365 e. The highest BCUT2D eigenvalue weighted by Gasteiger charge is 2.20. The zero-order chi connectivity index (χ0) is 25.2. The Hall–Kier alpha value is -2.67. The maximum Gasteiger partial charge on any atom is 0.259 e. The number of thiophene rings is 1. The van der Waals surface area contributed by atoms with E-state index in [0.29, 0.717) is 10.8 Å². The van der Waals surface area contributed by atoms with Crippen molar-refractivity contribution in [2.45, 2.75) is 44.9 Å². The van der Waals surface area contributed by atoms with Gasteiger partial charge in [-0.1, -0.05) is 42.8 Å². The van der Waals surface area contributed by atoms with Gasteiger partial charge in [-0.3, -0.25) is 9.36 Å². The summed E-state index contributed by atoms with van der Waals surface area (Å²) in [5.74, 6) is 0.587. The molecule has 2 aromatic carbocycles. The summed E-state index contributed by atoms with van der Waals surface area (Å²) < 4.78 is 2.10. The number of nitrogens with zero attached hydrogens (tertiary/aromatic N) is 3. The number of rotatable bonds is 8. The zero-order valence-corrected chi connectivity index (χ0v) is 22.5. The van der Waals surface area contributed by atoms with Crippen LogP contribution in [0.5, 0.6) is 0 Å². The minimum Gasteiger partial charge on any atom is -0.365 e. The molecule has 3 heterocycles. The molecule has 2 aromatic heterocycles. The monoisotopic (exact) mass is 520 g/mol. The van der Waals surface area contributed by atoms with Crippen LogP contribution in [0.2, 0.25) is 5.02 Å². The fourth-order valence-corrected chi connectivity index (χ4v) is 6.83. The van der Waals surface area contributed by atoms with E-state index in [1.165, 1.54) is 36.3 Å². The number of imidazole rings is 1. The van der Waals surface area contributed by atoms with Crippen LogP contribution in [0, 0.1) is 5.92 Å². The fraction of sp³-hybridized carbons (Fsp3) is 0.379. The van der Waals surface area contributed by atoms with Crippen molar-refractivity contribution in [3.05, 3.63) is 81.4 Å². The van der Waals surface area contributed by atoms with Crippen LogP contribution in [0.25, 0.3) is 16.0 Å². The number of aryl methyl sites for hydroxylation is 1. The summed E-state index contributed by atoms with van der Waals surface area (Å²) in [6.45, 7) is 4.52. The molecule has 1 aliphatic heterocycles. The molecule has 4 aromatic rings. The van der Waals surface area contributed by atoms with E-state index in [0.717, 1.165) is 58.0 Å². The van der Waals surface area contributed by atoms with Gasteiger partial charge in [0.1, 0.15) is 11.3 Å². The van der Waals surface area contributed by atoms with Crippen LogP contribution in [0.1, 0.15) is 58.5 Å². The summed E-state index contributed by atoms with van der Waals surface area (Å²) in [5, 5.41) is 1.76. The van der Waals surface area contributed by atoms with Crippen molar-refractivity contribution in [2.75, 3.05) is 20.1 Å². The van der Waals surface area contributed by atoms with E-state index >= 15 is 0 Å². The molecule has 1 saturated heterocycles. The second-order valence-electron chi connectivity index (χ2n) is 10.2. The van der Waals surface area contributed by atoms with Gasteiger partial charge in [-0.15, -0.1) is 11.3 Å². The summed E-state index contributed by atoms with van der Waals surface area (Å²) in [4.78, 5) is 20.0. The number of halogens is 1. The molecule has 0 bridgehead atoms. The van der Waals surface area contributed by atoms with Crippen LogP contribution in [0.3, 0.4) is 0 Å². The number of piperidine rings is 1. The third-order valence-electron chi connectivity index (χ3n) is 7.40. The van der Waals surface area contributed by atoms with Crippen molar-refractivity contribution < 1.29 is 4.79 Å². The molecule has 188 valence electrons. The van der Waals surface area contributed by atoms with Crippen LogP contribution >= 0.6 is 22.9 Å². The minimum absolute atomic E-state index is 0.276. The van der Waals surface area contributed by atoms with Crippen molar-refractivity contribution in [1.82, 2.24) is 14.5 Å². The molecule has 5 nitrogen and oxygen atoms in total. The van der Waals surface area contributed by atoms with Crippen molar-refractivity contribution in [1.29, 1.82) is 0 Å². The number of amides is 1. The first-order valence-corrected chi connectivity index (χ1v) is 13.9. The summed E-state index contributed by atoms with van der Waals surface area (Å²) in [5.41, 5.74) is 11.3. The average molecular weight is 521 g/mol. The number of hydrogen-bond donors (Lipinski definition) is 1. The standard InChI is InChI=1S/C29H33ClN4OS/c1-19(23-7-3-4-8-24(23)30)9-11-22-16-27(36-28(22)29(31)35)34-18-32-25-12-10-20(15-26(25)34)14-21-6-5-13-33(2)17-21/h3-4,7-8,10,12,15-16,18-19,21H,5-6,9,11,13-14,17H2,1-2H3,(H2,31,35)/t19-,21-/m0/s1. The Bertz CT molecular complexity index is 1380. The summed E-state index contributed by atoms with van der Waals surface area (Å²) >= 11 is 7.85. The van der Waals surface area contributed by atoms with Crippen LogP contribution in [0.15, 0.2) is 54.9 Å². The molecule has 0 spiro atoms. The summed E-state index contributed by atoms with van der Waals surface area (Å²) in [6.07, 6.45) is 7.12. The van der Waals surface area contributed by atoms with E-state index in [1.807, 2.05) is 24.5 Å². The summed E-state index contributed by atoms with van der Waals surface area (Å²) in [6, 6.07) is 16.6. The van der Waals surface area contributed by atoms with Gasteiger partial charge in [0.25, 0.3) is 5.91 Å². The predicted molar refractivity (Wildman–Crippen MR) is 150 cm³/mol. The Morgan fingerprint density at radius 2 is 2.08 bits per heavy atom. The lowest BCUT2D eigenvalue weighted by atomic mass is 9.91. The molecule has 0 aliphatic carbocycles. The van der Waals surface area contributed by atoms with E-state index in [1.54, 1.807) is 0 Å². The van der Waals surface area contributed by atoms with Gasteiger partial charge in [0, 0.05) is 11.6 Å². The van der Waals surface area contributed by atoms with Crippen LogP contribution in [-0.2, 0) is 12.8 Å². The number of nitrogens with two attached hydrogens (primary N) is 1. The zero-order valence-electron chi connectivity index (χ0n) is 20.9. The van der Waals surface area contributed by atoms with Crippen molar-refractivity contribution in [3.63, 3.8) is 0 Å². The van der Waals surface area contributed by atoms with Crippen molar-refractivity contribution in [2.24, 2.45) is 11.7 Å². The van der Waals surface area contributed by atoms with Crippen LogP contribution in [-0.4, -0.2) is 40.5 Å². The van der Waals surface area contributed by atoms with Crippen LogP contribution in [0.4, 0.5) is 0 Å². The lowest BCUT2D eigenvalue weighted by molar-refractivity contribution is 0.100. The lowest BCUT2D eigenvalue weighted by Crippen LogP contribution is -2.32. The number of primary amides is 1. The second-order valence-corrected chi connectivity index (χ2v) is 11.6. The maximum atomic E-state index is 12.3. The first kappa shape index (κ1) is 25.0. The SMILES string of the molecule is C[C@@H](CCc1cc(-n2cnc3ccc(C[C@@H]4CCCN(C)C4)cc32)sc1C(N)=O)c1ccccc1Cl. The molecule has 1 aliphatic rings. The van der Waals surface area contributed by atoms with Gasteiger partial charge in [0.2, 0.25) is 0 Å². The number of carbonyl (C=O) groups is 1. The summed E-state index contributed by atoms with van der Waals surface area (Å²) in [7, 11) is 2.21. The van der Waals surface area contributed by atoms with Gasteiger partial charge in [-0.05, 0) is 98.5 Å². The van der Waals surface area contributed by atoms with Crippen molar-refractivity contribution >= 4 is 39.9 Å². The molecule has 0 saturated carbocycles.